The molecule has 0 aliphatic carbocycles. The van der Waals surface area contributed by atoms with E-state index < -0.39 is 0 Å². The molecule has 5 heteroatoms. The average molecular weight is 444 g/mol. The van der Waals surface area contributed by atoms with Crippen LogP contribution in [0.3, 0.4) is 0 Å². The highest BCUT2D eigenvalue weighted by atomic mass is 79.9. The molecule has 0 aliphatic heterocycles. The van der Waals surface area contributed by atoms with Crippen LogP contribution in [0.15, 0.2) is 65.1 Å². The number of anilines is 1. The Kier molecular flexibility index (Phi) is 6.93. The number of benzene rings is 3. The van der Waals surface area contributed by atoms with Gasteiger partial charge >= 0.3 is 0 Å². The molecule has 0 unspecified atom stereocenters. The minimum Gasteiger partial charge on any atom is -0.490 e. The lowest BCUT2D eigenvalue weighted by molar-refractivity contribution is 0.269. The Morgan fingerprint density at radius 2 is 1.64 bits per heavy atom. The lowest BCUT2D eigenvalue weighted by Gasteiger charge is -2.15. The molecule has 0 fully saturated rings. The fourth-order valence-electron chi connectivity index (χ4n) is 2.81. The second-order valence-corrected chi connectivity index (χ2v) is 7.36. The van der Waals surface area contributed by atoms with Gasteiger partial charge in [0.2, 0.25) is 0 Å². The van der Waals surface area contributed by atoms with E-state index in [-0.39, 0.29) is 5.82 Å². The molecule has 0 saturated heterocycles. The Balaban J connectivity index is 1.68. The average Bonchev–Trinajstić information content (AvgIpc) is 2.68. The minimum atomic E-state index is -0.253. The topological polar surface area (TPSA) is 30.5 Å². The molecule has 1 N–H and O–H groups in total. The summed E-state index contributed by atoms with van der Waals surface area (Å²) < 4.78 is 25.7. The van der Waals surface area contributed by atoms with Gasteiger partial charge in [-0.05, 0) is 73.0 Å². The van der Waals surface area contributed by atoms with E-state index >= 15 is 0 Å². The van der Waals surface area contributed by atoms with Crippen molar-refractivity contribution in [2.45, 2.75) is 27.0 Å². The van der Waals surface area contributed by atoms with Crippen LogP contribution in [-0.4, -0.2) is 6.61 Å². The van der Waals surface area contributed by atoms with Crippen LogP contribution in [0.2, 0.25) is 0 Å². The maximum atomic E-state index is 13.0. The van der Waals surface area contributed by atoms with Crippen LogP contribution in [0.4, 0.5) is 10.1 Å². The van der Waals surface area contributed by atoms with Gasteiger partial charge in [-0.25, -0.2) is 4.39 Å². The van der Waals surface area contributed by atoms with E-state index in [1.807, 2.05) is 31.2 Å². The summed E-state index contributed by atoms with van der Waals surface area (Å²) in [7, 11) is 0. The van der Waals surface area contributed by atoms with Crippen molar-refractivity contribution in [3.63, 3.8) is 0 Å². The number of hydrogen-bond acceptors (Lipinski definition) is 3. The van der Waals surface area contributed by atoms with Crippen LogP contribution in [0.1, 0.15) is 23.6 Å². The number of ether oxygens (including phenoxy) is 2. The Bertz CT molecular complexity index is 928. The molecule has 0 spiro atoms. The third kappa shape index (κ3) is 5.49. The molecule has 3 aromatic rings. The molecule has 0 radical (unpaired) electrons. The molecule has 28 heavy (non-hydrogen) atoms. The molecular weight excluding hydrogens is 421 g/mol. The fourth-order valence-corrected chi connectivity index (χ4v) is 3.29. The van der Waals surface area contributed by atoms with E-state index in [4.69, 9.17) is 9.47 Å². The molecule has 0 aromatic heterocycles. The molecule has 0 saturated carbocycles. The summed E-state index contributed by atoms with van der Waals surface area (Å²) in [4.78, 5) is 0. The Labute approximate surface area is 173 Å². The first-order valence-electron chi connectivity index (χ1n) is 9.18. The van der Waals surface area contributed by atoms with Gasteiger partial charge < -0.3 is 14.8 Å². The normalized spacial score (nSPS) is 10.6. The quantitative estimate of drug-likeness (QED) is 0.431. The van der Waals surface area contributed by atoms with Gasteiger partial charge in [0, 0.05) is 16.7 Å². The zero-order valence-electron chi connectivity index (χ0n) is 16.0. The standard InChI is InChI=1S/C23H23BrFNO2/c1-3-27-23-13-18(14-26-21-10-7-19(24)12-16(21)2)6-11-22(23)28-15-17-4-8-20(25)9-5-17/h4-13,26H,3,14-15H2,1-2H3. The number of halogens is 2. The van der Waals surface area contributed by atoms with Gasteiger partial charge in [0.1, 0.15) is 12.4 Å². The molecule has 0 atom stereocenters. The molecule has 146 valence electrons. The highest BCUT2D eigenvalue weighted by Crippen LogP contribution is 2.30. The summed E-state index contributed by atoms with van der Waals surface area (Å²) in [5.74, 6) is 1.13. The number of hydrogen-bond donors (Lipinski definition) is 1. The van der Waals surface area contributed by atoms with Crippen molar-refractivity contribution in [3.8, 4) is 11.5 Å². The van der Waals surface area contributed by atoms with Gasteiger partial charge in [0.15, 0.2) is 11.5 Å². The van der Waals surface area contributed by atoms with Gasteiger partial charge in [-0.3, -0.25) is 0 Å². The molecule has 0 heterocycles. The van der Waals surface area contributed by atoms with Crippen LogP contribution >= 0.6 is 15.9 Å². The van der Waals surface area contributed by atoms with Crippen molar-refractivity contribution in [1.82, 2.24) is 0 Å². The van der Waals surface area contributed by atoms with E-state index in [2.05, 4.69) is 40.3 Å². The molecule has 3 aromatic carbocycles. The predicted molar refractivity (Wildman–Crippen MR) is 115 cm³/mol. The SMILES string of the molecule is CCOc1cc(CNc2ccc(Br)cc2C)ccc1OCc1ccc(F)cc1. The van der Waals surface area contributed by atoms with Crippen molar-refractivity contribution in [2.75, 3.05) is 11.9 Å². The van der Waals surface area contributed by atoms with Gasteiger partial charge in [-0.2, -0.15) is 0 Å². The largest absolute Gasteiger partial charge is 0.490 e. The lowest BCUT2D eigenvalue weighted by atomic mass is 10.1. The zero-order chi connectivity index (χ0) is 19.9. The summed E-state index contributed by atoms with van der Waals surface area (Å²) in [6, 6.07) is 18.4. The van der Waals surface area contributed by atoms with Crippen molar-refractivity contribution in [3.05, 3.63) is 87.6 Å². The summed E-state index contributed by atoms with van der Waals surface area (Å²) in [6.45, 7) is 5.61. The van der Waals surface area contributed by atoms with Gasteiger partial charge in [-0.15, -0.1) is 0 Å². The van der Waals surface area contributed by atoms with E-state index in [0.29, 0.717) is 31.3 Å². The summed E-state index contributed by atoms with van der Waals surface area (Å²) in [5.41, 5.74) is 4.27. The van der Waals surface area contributed by atoms with E-state index in [1.54, 1.807) is 12.1 Å². The monoisotopic (exact) mass is 443 g/mol. The maximum Gasteiger partial charge on any atom is 0.161 e. The van der Waals surface area contributed by atoms with Crippen molar-refractivity contribution in [1.29, 1.82) is 0 Å². The first kappa shape index (κ1) is 20.2. The second-order valence-electron chi connectivity index (χ2n) is 6.44. The highest BCUT2D eigenvalue weighted by molar-refractivity contribution is 9.10. The number of rotatable bonds is 8. The third-order valence-electron chi connectivity index (χ3n) is 4.29. The molecule has 0 amide bonds. The van der Waals surface area contributed by atoms with Gasteiger partial charge in [0.05, 0.1) is 6.61 Å². The summed E-state index contributed by atoms with van der Waals surface area (Å²) >= 11 is 3.49. The molecule has 0 bridgehead atoms. The van der Waals surface area contributed by atoms with Gasteiger partial charge in [-0.1, -0.05) is 34.1 Å². The molecular formula is C23H23BrFNO2. The number of aryl methyl sites for hydroxylation is 1. The Morgan fingerprint density at radius 3 is 2.36 bits per heavy atom. The molecule has 3 rings (SSSR count). The van der Waals surface area contributed by atoms with E-state index in [0.717, 1.165) is 21.3 Å². The Hall–Kier alpha value is -2.53. The molecule has 0 aliphatic rings. The first-order valence-corrected chi connectivity index (χ1v) is 9.97. The maximum absolute atomic E-state index is 13.0. The van der Waals surface area contributed by atoms with Crippen molar-refractivity contribution < 1.29 is 13.9 Å². The smallest absolute Gasteiger partial charge is 0.161 e. The van der Waals surface area contributed by atoms with Crippen LogP contribution < -0.4 is 14.8 Å². The van der Waals surface area contributed by atoms with Crippen molar-refractivity contribution in [2.24, 2.45) is 0 Å². The van der Waals surface area contributed by atoms with Crippen LogP contribution in [0.25, 0.3) is 0 Å². The second kappa shape index (κ2) is 9.60. The van der Waals surface area contributed by atoms with E-state index in [9.17, 15) is 4.39 Å². The summed E-state index contributed by atoms with van der Waals surface area (Å²) in [5, 5.41) is 3.46. The highest BCUT2D eigenvalue weighted by Gasteiger charge is 2.08. The summed E-state index contributed by atoms with van der Waals surface area (Å²) in [6.07, 6.45) is 0. The van der Waals surface area contributed by atoms with Crippen LogP contribution in [0.5, 0.6) is 11.5 Å². The minimum absolute atomic E-state index is 0.253. The zero-order valence-corrected chi connectivity index (χ0v) is 17.6. The van der Waals surface area contributed by atoms with Gasteiger partial charge in [0.25, 0.3) is 0 Å². The number of nitrogens with one attached hydrogen (secondary N) is 1. The van der Waals surface area contributed by atoms with Crippen molar-refractivity contribution >= 4 is 21.6 Å². The molecule has 3 nitrogen and oxygen atoms in total. The third-order valence-corrected chi connectivity index (χ3v) is 4.78. The van der Waals surface area contributed by atoms with Crippen LogP contribution in [-0.2, 0) is 13.2 Å². The lowest BCUT2D eigenvalue weighted by Crippen LogP contribution is -2.04. The predicted octanol–water partition coefficient (Wildman–Crippen LogP) is 6.49. The van der Waals surface area contributed by atoms with E-state index in [1.165, 1.54) is 17.7 Å². The first-order chi connectivity index (χ1) is 13.5. The Morgan fingerprint density at radius 1 is 0.893 bits per heavy atom. The van der Waals surface area contributed by atoms with Crippen LogP contribution in [0, 0.1) is 12.7 Å². The fraction of sp³-hybridized carbons (Fsp3) is 0.217.